The minimum Gasteiger partial charge on any atom is -0.465 e. The monoisotopic (exact) mass is 737 g/mol. The molecule has 0 saturated carbocycles. The molecule has 3 fully saturated rings. The quantitative estimate of drug-likeness (QED) is 0.0792. The third-order valence-electron chi connectivity index (χ3n) is 8.88. The van der Waals surface area contributed by atoms with Crippen LogP contribution in [0.2, 0.25) is 0 Å². The van der Waals surface area contributed by atoms with Gasteiger partial charge in [-0.3, -0.25) is 4.79 Å². The minimum atomic E-state index is -2.60. The number of hydrogen-bond donors (Lipinski definition) is 11. The van der Waals surface area contributed by atoms with E-state index in [1.807, 2.05) is 0 Å². The number of aliphatic hydroxyl groups excluding tert-OH is 10. The number of nitrogens with one attached hydrogen (secondary N) is 1. The van der Waals surface area contributed by atoms with Gasteiger partial charge in [-0.25, -0.2) is 4.79 Å². The third kappa shape index (κ3) is 9.37. The zero-order chi connectivity index (χ0) is 37.6. The topological polar surface area (TPSA) is 313 Å². The SMILES string of the molecule is COC(=O)[C@@]1(OCC2O[C@@H](O[C@@H]3C(CO)O[C@@H](OCc4ccccc4)C(O)[C@H]3O)C(O)[C@@H](O)[C@H]2O)C[C@@H](O)[C@@H](NC(C)=O)C([C@H](O)[C@H](O)CO)O1. The van der Waals surface area contributed by atoms with E-state index in [9.17, 15) is 60.7 Å². The van der Waals surface area contributed by atoms with Gasteiger partial charge >= 0.3 is 5.97 Å². The molecule has 4 rings (SSSR count). The van der Waals surface area contributed by atoms with Gasteiger partial charge in [0, 0.05) is 13.3 Å². The number of benzene rings is 1. The van der Waals surface area contributed by atoms with Crippen molar-refractivity contribution in [3.05, 3.63) is 35.9 Å². The maximum absolute atomic E-state index is 13.1. The van der Waals surface area contributed by atoms with Crippen molar-refractivity contribution in [2.24, 2.45) is 0 Å². The Labute approximate surface area is 291 Å². The highest BCUT2D eigenvalue weighted by atomic mass is 16.8. The molecule has 1 amide bonds. The molecule has 0 spiro atoms. The summed E-state index contributed by atoms with van der Waals surface area (Å²) in [7, 11) is 0.938. The number of hydrogen-bond acceptors (Lipinski definition) is 19. The Morgan fingerprint density at radius 2 is 1.57 bits per heavy atom. The lowest BCUT2D eigenvalue weighted by Crippen LogP contribution is -2.68. The first-order chi connectivity index (χ1) is 24.2. The summed E-state index contributed by atoms with van der Waals surface area (Å²) in [6.07, 6.45) is -25.4. The highest BCUT2D eigenvalue weighted by molar-refractivity contribution is 5.78. The van der Waals surface area contributed by atoms with E-state index in [2.05, 4.69) is 5.32 Å². The van der Waals surface area contributed by atoms with Crippen molar-refractivity contribution in [1.29, 1.82) is 0 Å². The molecule has 20 nitrogen and oxygen atoms in total. The summed E-state index contributed by atoms with van der Waals surface area (Å²) in [4.78, 5) is 24.9. The van der Waals surface area contributed by atoms with Gasteiger partial charge in [0.1, 0.15) is 67.1 Å². The molecule has 11 N–H and O–H groups in total. The van der Waals surface area contributed by atoms with E-state index < -0.39 is 136 Å². The number of amides is 1. The predicted molar refractivity (Wildman–Crippen MR) is 163 cm³/mol. The van der Waals surface area contributed by atoms with E-state index in [-0.39, 0.29) is 6.61 Å². The van der Waals surface area contributed by atoms with Gasteiger partial charge in [-0.15, -0.1) is 0 Å². The molecule has 0 aromatic heterocycles. The first kappa shape index (κ1) is 41.3. The van der Waals surface area contributed by atoms with Crippen LogP contribution in [-0.4, -0.2) is 188 Å². The molecule has 20 heteroatoms. The van der Waals surface area contributed by atoms with E-state index in [0.29, 0.717) is 0 Å². The highest BCUT2D eigenvalue weighted by Crippen LogP contribution is 2.36. The Bertz CT molecular complexity index is 1260. The van der Waals surface area contributed by atoms with Crippen molar-refractivity contribution >= 4 is 11.9 Å². The van der Waals surface area contributed by atoms with Gasteiger partial charge in [0.05, 0.1) is 45.7 Å². The second-order valence-corrected chi connectivity index (χ2v) is 12.5. The van der Waals surface area contributed by atoms with Crippen LogP contribution in [0.15, 0.2) is 30.3 Å². The molecule has 1 aromatic carbocycles. The van der Waals surface area contributed by atoms with Crippen LogP contribution < -0.4 is 5.32 Å². The third-order valence-corrected chi connectivity index (χ3v) is 8.88. The molecule has 290 valence electrons. The van der Waals surface area contributed by atoms with E-state index >= 15 is 0 Å². The first-order valence-corrected chi connectivity index (χ1v) is 16.1. The van der Waals surface area contributed by atoms with Crippen LogP contribution in [0, 0.1) is 0 Å². The molecule has 3 saturated heterocycles. The fourth-order valence-corrected chi connectivity index (χ4v) is 6.07. The summed E-state index contributed by atoms with van der Waals surface area (Å²) >= 11 is 0. The van der Waals surface area contributed by atoms with Gasteiger partial charge < -0.3 is 89.5 Å². The summed E-state index contributed by atoms with van der Waals surface area (Å²) < 4.78 is 38.8. The molecule has 0 aliphatic carbocycles. The van der Waals surface area contributed by atoms with Crippen molar-refractivity contribution in [1.82, 2.24) is 5.32 Å². The van der Waals surface area contributed by atoms with Crippen LogP contribution in [0.1, 0.15) is 18.9 Å². The van der Waals surface area contributed by atoms with Crippen molar-refractivity contribution in [3.8, 4) is 0 Å². The standard InChI is InChI=1S/C31H47NO19/c1-13(35)32-19-15(36)8-31(30(44)45-2,51-27(19)20(38)16(37)9-33)47-12-18-21(39)22(40)24(42)29(49-18)50-26-17(10-34)48-28(25(43)23(26)41)46-11-14-6-4-3-5-7-14/h3-7,15-29,33-34,36-43H,8-12H2,1-2H3,(H,32,35)/t15-,16-,17?,18?,19-,20-,21+,22+,23-,24?,25?,26-,27?,28-,29+,31-/m1/s1. The van der Waals surface area contributed by atoms with Crippen molar-refractivity contribution in [2.45, 2.75) is 118 Å². The smallest absolute Gasteiger partial charge is 0.366 e. The summed E-state index contributed by atoms with van der Waals surface area (Å²) in [6.45, 7) is -1.53. The first-order valence-electron chi connectivity index (χ1n) is 16.1. The fraction of sp³-hybridized carbons (Fsp3) is 0.742. The molecule has 3 aliphatic rings. The van der Waals surface area contributed by atoms with Crippen LogP contribution in [0.3, 0.4) is 0 Å². The lowest BCUT2D eigenvalue weighted by Gasteiger charge is -2.48. The number of ether oxygens (including phenoxy) is 7. The number of esters is 1. The molecular formula is C31H47NO19. The number of carbonyl (C=O) groups excluding carboxylic acids is 2. The minimum absolute atomic E-state index is 0.0153. The van der Waals surface area contributed by atoms with Gasteiger partial charge in [-0.05, 0) is 5.56 Å². The fourth-order valence-electron chi connectivity index (χ4n) is 6.07. The molecule has 0 bridgehead atoms. The van der Waals surface area contributed by atoms with Crippen molar-refractivity contribution in [2.75, 3.05) is 26.9 Å². The van der Waals surface area contributed by atoms with E-state index in [1.54, 1.807) is 30.3 Å². The summed E-state index contributed by atoms with van der Waals surface area (Å²) in [5, 5.41) is 107. The number of rotatable bonds is 14. The Hall–Kier alpha value is -2.48. The second kappa shape index (κ2) is 18.0. The Balaban J connectivity index is 1.50. The molecule has 3 heterocycles. The number of aliphatic hydroxyl groups is 10. The average molecular weight is 738 g/mol. The zero-order valence-electron chi connectivity index (χ0n) is 27.7. The molecule has 5 unspecified atom stereocenters. The van der Waals surface area contributed by atoms with Gasteiger partial charge in [0.25, 0.3) is 5.79 Å². The van der Waals surface area contributed by atoms with E-state index in [1.165, 1.54) is 0 Å². The molecule has 51 heavy (non-hydrogen) atoms. The molecule has 16 atom stereocenters. The van der Waals surface area contributed by atoms with Crippen LogP contribution in [0.25, 0.3) is 0 Å². The largest absolute Gasteiger partial charge is 0.465 e. The van der Waals surface area contributed by atoms with E-state index in [0.717, 1.165) is 19.6 Å². The van der Waals surface area contributed by atoms with Crippen LogP contribution >= 0.6 is 0 Å². The average Bonchev–Trinajstić information content (AvgIpc) is 3.12. The molecular weight excluding hydrogens is 690 g/mol. The van der Waals surface area contributed by atoms with Gasteiger partial charge in [-0.1, -0.05) is 30.3 Å². The van der Waals surface area contributed by atoms with Crippen LogP contribution in [-0.2, 0) is 49.4 Å². The molecule has 1 aromatic rings. The lowest BCUT2D eigenvalue weighted by molar-refractivity contribution is -0.368. The Morgan fingerprint density at radius 3 is 2.18 bits per heavy atom. The Morgan fingerprint density at radius 1 is 0.922 bits per heavy atom. The predicted octanol–water partition coefficient (Wildman–Crippen LogP) is -5.91. The Kier molecular flexibility index (Phi) is 14.6. The van der Waals surface area contributed by atoms with Crippen molar-refractivity contribution in [3.63, 3.8) is 0 Å². The number of carbonyl (C=O) groups is 2. The second-order valence-electron chi connectivity index (χ2n) is 12.5. The molecule has 0 radical (unpaired) electrons. The lowest BCUT2D eigenvalue weighted by atomic mass is 9.88. The normalized spacial score (nSPS) is 39.9. The van der Waals surface area contributed by atoms with Crippen LogP contribution in [0.4, 0.5) is 0 Å². The van der Waals surface area contributed by atoms with E-state index in [4.69, 9.17) is 33.2 Å². The maximum atomic E-state index is 13.1. The van der Waals surface area contributed by atoms with Gasteiger partial charge in [-0.2, -0.15) is 0 Å². The zero-order valence-corrected chi connectivity index (χ0v) is 27.7. The summed E-state index contributed by atoms with van der Waals surface area (Å²) in [5.41, 5.74) is 0.727. The van der Waals surface area contributed by atoms with Gasteiger partial charge in [0.2, 0.25) is 5.91 Å². The van der Waals surface area contributed by atoms with Crippen LogP contribution in [0.5, 0.6) is 0 Å². The number of methoxy groups -OCH3 is 1. The summed E-state index contributed by atoms with van der Waals surface area (Å²) in [6, 6.07) is 7.41. The maximum Gasteiger partial charge on any atom is 0.366 e. The molecule has 3 aliphatic heterocycles. The van der Waals surface area contributed by atoms with Crippen molar-refractivity contribution < 1.29 is 93.8 Å². The van der Waals surface area contributed by atoms with Gasteiger partial charge in [0.15, 0.2) is 12.6 Å². The summed E-state index contributed by atoms with van der Waals surface area (Å²) in [5.74, 6) is -4.55. The highest BCUT2D eigenvalue weighted by Gasteiger charge is 2.57.